The average Bonchev–Trinajstić information content (AvgIpc) is 2.82. The normalized spacial score (nSPS) is 27.9. The Balaban J connectivity index is 1.55. The highest BCUT2D eigenvalue weighted by Gasteiger charge is 2.40. The molecule has 0 amide bonds. The van der Waals surface area contributed by atoms with Gasteiger partial charge in [0.2, 0.25) is 0 Å². The summed E-state index contributed by atoms with van der Waals surface area (Å²) in [4.78, 5) is 14.1. The van der Waals surface area contributed by atoms with Crippen LogP contribution in [0.15, 0.2) is 30.3 Å². The quantitative estimate of drug-likeness (QED) is 0.759. The van der Waals surface area contributed by atoms with Gasteiger partial charge in [-0.2, -0.15) is 0 Å². The minimum atomic E-state index is 0.0217. The van der Waals surface area contributed by atoms with Gasteiger partial charge in [0.15, 0.2) is 0 Å². The fourth-order valence-corrected chi connectivity index (χ4v) is 3.05. The predicted molar refractivity (Wildman–Crippen MR) is 69.1 cm³/mol. The molecule has 0 radical (unpaired) electrons. The molecule has 0 aromatic heterocycles. The number of rotatable bonds is 3. The lowest BCUT2D eigenvalue weighted by atomic mass is 9.91. The minimum Gasteiger partial charge on any atom is -0.465 e. The van der Waals surface area contributed by atoms with E-state index in [0.717, 1.165) is 32.5 Å². The summed E-state index contributed by atoms with van der Waals surface area (Å²) in [5.41, 5.74) is 1.37. The van der Waals surface area contributed by atoms with E-state index >= 15 is 0 Å². The van der Waals surface area contributed by atoms with Gasteiger partial charge in [-0.05, 0) is 24.3 Å². The van der Waals surface area contributed by atoms with Crippen molar-refractivity contribution >= 4 is 5.97 Å². The molecule has 2 aliphatic heterocycles. The van der Waals surface area contributed by atoms with E-state index in [1.54, 1.807) is 0 Å². The number of fused-ring (bicyclic) bond motifs is 1. The molecule has 3 nitrogen and oxygen atoms in total. The first-order valence-corrected chi connectivity index (χ1v) is 6.76. The highest BCUT2D eigenvalue weighted by atomic mass is 16.5. The molecule has 1 aromatic carbocycles. The van der Waals surface area contributed by atoms with E-state index in [1.807, 2.05) is 6.07 Å². The van der Waals surface area contributed by atoms with Crippen LogP contribution in [0, 0.1) is 11.8 Å². The number of hydrogen-bond donors (Lipinski definition) is 0. The minimum absolute atomic E-state index is 0.0217. The van der Waals surface area contributed by atoms with Crippen molar-refractivity contribution < 1.29 is 9.53 Å². The molecule has 0 bridgehead atoms. The summed E-state index contributed by atoms with van der Waals surface area (Å²) in [7, 11) is 0. The van der Waals surface area contributed by atoms with Crippen LogP contribution in [0.4, 0.5) is 0 Å². The lowest BCUT2D eigenvalue weighted by Gasteiger charge is -2.22. The molecular formula is C15H19NO2. The van der Waals surface area contributed by atoms with Crippen LogP contribution in [0.2, 0.25) is 0 Å². The van der Waals surface area contributed by atoms with Crippen molar-refractivity contribution in [2.75, 3.05) is 26.2 Å². The zero-order valence-corrected chi connectivity index (χ0v) is 10.5. The number of benzene rings is 1. The zero-order valence-electron chi connectivity index (χ0n) is 10.5. The van der Waals surface area contributed by atoms with Gasteiger partial charge in [0.05, 0.1) is 12.5 Å². The van der Waals surface area contributed by atoms with E-state index in [2.05, 4.69) is 29.2 Å². The van der Waals surface area contributed by atoms with Gasteiger partial charge in [0, 0.05) is 19.6 Å². The van der Waals surface area contributed by atoms with Crippen molar-refractivity contribution in [3.05, 3.63) is 35.9 Å². The number of likely N-dealkylation sites (tertiary alicyclic amines) is 1. The van der Waals surface area contributed by atoms with Crippen LogP contribution in [-0.4, -0.2) is 37.1 Å². The Morgan fingerprint density at radius 1 is 1.22 bits per heavy atom. The highest BCUT2D eigenvalue weighted by molar-refractivity contribution is 5.74. The van der Waals surface area contributed by atoms with Crippen molar-refractivity contribution in [3.63, 3.8) is 0 Å². The Labute approximate surface area is 108 Å². The van der Waals surface area contributed by atoms with E-state index < -0.39 is 0 Å². The largest absolute Gasteiger partial charge is 0.465 e. The van der Waals surface area contributed by atoms with E-state index in [4.69, 9.17) is 4.74 Å². The van der Waals surface area contributed by atoms with Crippen LogP contribution in [0.1, 0.15) is 12.0 Å². The van der Waals surface area contributed by atoms with Gasteiger partial charge in [-0.3, -0.25) is 4.79 Å². The van der Waals surface area contributed by atoms with Crippen LogP contribution in [-0.2, 0) is 16.0 Å². The highest BCUT2D eigenvalue weighted by Crippen LogP contribution is 2.30. The average molecular weight is 245 g/mol. The first-order valence-electron chi connectivity index (χ1n) is 6.76. The number of hydrogen-bond acceptors (Lipinski definition) is 3. The maximum Gasteiger partial charge on any atom is 0.310 e. The molecule has 0 aliphatic carbocycles. The summed E-state index contributed by atoms with van der Waals surface area (Å²) in [6.45, 7) is 3.61. The van der Waals surface area contributed by atoms with Gasteiger partial charge in [0.1, 0.15) is 0 Å². The van der Waals surface area contributed by atoms with Gasteiger partial charge >= 0.3 is 5.97 Å². The molecule has 2 aliphatic rings. The van der Waals surface area contributed by atoms with Gasteiger partial charge in [0.25, 0.3) is 0 Å². The molecule has 2 atom stereocenters. The molecule has 2 heterocycles. The molecule has 2 saturated heterocycles. The molecule has 0 saturated carbocycles. The number of esters is 1. The summed E-state index contributed by atoms with van der Waals surface area (Å²) in [6, 6.07) is 10.5. The third-order valence-corrected chi connectivity index (χ3v) is 4.11. The number of ether oxygens (including phenoxy) is 1. The third-order valence-electron chi connectivity index (χ3n) is 4.11. The van der Waals surface area contributed by atoms with Crippen molar-refractivity contribution in [1.82, 2.24) is 4.90 Å². The summed E-state index contributed by atoms with van der Waals surface area (Å²) < 4.78 is 5.14. The first-order chi connectivity index (χ1) is 8.83. The Hall–Kier alpha value is -1.35. The Kier molecular flexibility index (Phi) is 3.33. The van der Waals surface area contributed by atoms with E-state index in [9.17, 15) is 4.79 Å². The Morgan fingerprint density at radius 2 is 2.06 bits per heavy atom. The molecule has 2 unspecified atom stereocenters. The smallest absolute Gasteiger partial charge is 0.310 e. The van der Waals surface area contributed by atoms with E-state index in [1.165, 1.54) is 5.56 Å². The first kappa shape index (κ1) is 11.7. The Bertz CT molecular complexity index is 418. The third kappa shape index (κ3) is 2.41. The van der Waals surface area contributed by atoms with Gasteiger partial charge < -0.3 is 9.64 Å². The number of carbonyl (C=O) groups excluding carboxylic acids is 1. The van der Waals surface area contributed by atoms with Crippen molar-refractivity contribution in [2.24, 2.45) is 11.8 Å². The number of nitrogens with zero attached hydrogens (tertiary/aromatic N) is 1. The summed E-state index contributed by atoms with van der Waals surface area (Å²) >= 11 is 0. The molecule has 3 rings (SSSR count). The maximum absolute atomic E-state index is 11.6. The van der Waals surface area contributed by atoms with E-state index in [0.29, 0.717) is 12.5 Å². The van der Waals surface area contributed by atoms with Crippen LogP contribution < -0.4 is 0 Å². The number of carbonyl (C=O) groups is 1. The van der Waals surface area contributed by atoms with Crippen molar-refractivity contribution in [2.45, 2.75) is 12.8 Å². The Morgan fingerprint density at radius 3 is 2.83 bits per heavy atom. The van der Waals surface area contributed by atoms with E-state index in [-0.39, 0.29) is 11.9 Å². The second-order valence-corrected chi connectivity index (χ2v) is 5.32. The van der Waals surface area contributed by atoms with Gasteiger partial charge in [-0.1, -0.05) is 30.3 Å². The fraction of sp³-hybridized carbons (Fsp3) is 0.533. The second-order valence-electron chi connectivity index (χ2n) is 5.32. The standard InChI is InChI=1S/C15H19NO2/c17-15-14-11-16(10-13(14)7-9-18-15)8-6-12-4-2-1-3-5-12/h1-5,13-14H,6-11H2. The van der Waals surface area contributed by atoms with Crippen molar-refractivity contribution in [1.29, 1.82) is 0 Å². The molecule has 96 valence electrons. The number of cyclic esters (lactones) is 1. The second kappa shape index (κ2) is 5.11. The molecule has 0 spiro atoms. The lowest BCUT2D eigenvalue weighted by molar-refractivity contribution is -0.154. The van der Waals surface area contributed by atoms with Gasteiger partial charge in [-0.15, -0.1) is 0 Å². The molecular weight excluding hydrogens is 226 g/mol. The summed E-state index contributed by atoms with van der Waals surface area (Å²) in [6.07, 6.45) is 2.10. The van der Waals surface area contributed by atoms with Crippen LogP contribution in [0.5, 0.6) is 0 Å². The molecule has 3 heteroatoms. The molecule has 18 heavy (non-hydrogen) atoms. The van der Waals surface area contributed by atoms with Crippen LogP contribution in [0.25, 0.3) is 0 Å². The fourth-order valence-electron chi connectivity index (χ4n) is 3.05. The SMILES string of the molecule is O=C1OCCC2CN(CCc3ccccc3)CC12. The molecule has 2 fully saturated rings. The summed E-state index contributed by atoms with van der Waals surface area (Å²) in [5.74, 6) is 0.685. The predicted octanol–water partition coefficient (Wildman–Crippen LogP) is 1.72. The lowest BCUT2D eigenvalue weighted by Crippen LogP contribution is -2.31. The monoisotopic (exact) mass is 245 g/mol. The van der Waals surface area contributed by atoms with Crippen LogP contribution >= 0.6 is 0 Å². The topological polar surface area (TPSA) is 29.5 Å². The van der Waals surface area contributed by atoms with Crippen LogP contribution in [0.3, 0.4) is 0 Å². The molecule has 0 N–H and O–H groups in total. The maximum atomic E-state index is 11.6. The van der Waals surface area contributed by atoms with Gasteiger partial charge in [-0.25, -0.2) is 0 Å². The zero-order chi connectivity index (χ0) is 12.4. The summed E-state index contributed by atoms with van der Waals surface area (Å²) in [5, 5.41) is 0. The molecule has 1 aromatic rings. The van der Waals surface area contributed by atoms with Crippen molar-refractivity contribution in [3.8, 4) is 0 Å².